The Morgan fingerprint density at radius 3 is 2.27 bits per heavy atom. The van der Waals surface area contributed by atoms with Gasteiger partial charge in [-0.25, -0.2) is 0 Å². The standard InChI is InChI=1S/C9H10O2/c1-6(2)7-3-4-8-9(5-7)11-10-8/h3-6H,1-2H3. The molecule has 0 atom stereocenters. The third-order valence-corrected chi connectivity index (χ3v) is 1.86. The van der Waals surface area contributed by atoms with Crippen molar-refractivity contribution in [2.24, 2.45) is 0 Å². The third-order valence-electron chi connectivity index (χ3n) is 1.86. The monoisotopic (exact) mass is 150 g/mol. The Morgan fingerprint density at radius 2 is 1.82 bits per heavy atom. The summed E-state index contributed by atoms with van der Waals surface area (Å²) in [6.45, 7) is 4.31. The normalized spacial score (nSPS) is 11.5. The van der Waals surface area contributed by atoms with Crippen LogP contribution in [0.3, 0.4) is 0 Å². The van der Waals surface area contributed by atoms with Gasteiger partial charge in [0.15, 0.2) is 0 Å². The SMILES string of the molecule is CC(C)c1ccc2ooc2c1. The van der Waals surface area contributed by atoms with Gasteiger partial charge in [-0.2, -0.15) is 0 Å². The Kier molecular flexibility index (Phi) is 1.28. The lowest BCUT2D eigenvalue weighted by Gasteiger charge is -2.05. The molecule has 0 fully saturated rings. The molecule has 0 aliphatic heterocycles. The molecular weight excluding hydrogens is 140 g/mol. The zero-order chi connectivity index (χ0) is 7.84. The molecule has 0 saturated heterocycles. The van der Waals surface area contributed by atoms with Gasteiger partial charge in [-0.15, -0.1) is 0 Å². The van der Waals surface area contributed by atoms with Gasteiger partial charge < -0.3 is 0 Å². The number of hydrogen-bond donors (Lipinski definition) is 0. The van der Waals surface area contributed by atoms with E-state index in [1.165, 1.54) is 5.56 Å². The van der Waals surface area contributed by atoms with Crippen molar-refractivity contribution >= 4 is 11.2 Å². The minimum atomic E-state index is 0.546. The molecule has 0 bridgehead atoms. The van der Waals surface area contributed by atoms with Crippen molar-refractivity contribution in [1.82, 2.24) is 0 Å². The fourth-order valence-electron chi connectivity index (χ4n) is 1.07. The molecule has 0 amide bonds. The zero-order valence-electron chi connectivity index (χ0n) is 6.63. The summed E-state index contributed by atoms with van der Waals surface area (Å²) in [6.07, 6.45) is 0. The molecule has 0 radical (unpaired) electrons. The molecule has 58 valence electrons. The van der Waals surface area contributed by atoms with Crippen molar-refractivity contribution in [3.63, 3.8) is 0 Å². The van der Waals surface area contributed by atoms with E-state index in [1.54, 1.807) is 0 Å². The van der Waals surface area contributed by atoms with Crippen LogP contribution in [0.5, 0.6) is 0 Å². The van der Waals surface area contributed by atoms with E-state index in [-0.39, 0.29) is 0 Å². The van der Waals surface area contributed by atoms with Crippen molar-refractivity contribution in [3.05, 3.63) is 23.8 Å². The van der Waals surface area contributed by atoms with Gasteiger partial charge in [0, 0.05) is 0 Å². The minimum Gasteiger partial charge on any atom is -0.286 e. The van der Waals surface area contributed by atoms with Gasteiger partial charge >= 0.3 is 0 Å². The summed E-state index contributed by atoms with van der Waals surface area (Å²) in [5.41, 5.74) is 2.98. The van der Waals surface area contributed by atoms with Gasteiger partial charge in [0.1, 0.15) is 0 Å². The summed E-state index contributed by atoms with van der Waals surface area (Å²) in [5.74, 6) is 0.546. The number of hydrogen-bond acceptors (Lipinski definition) is 2. The van der Waals surface area contributed by atoms with Gasteiger partial charge in [-0.3, -0.25) is 9.15 Å². The maximum Gasteiger partial charge on any atom is 0.225 e. The highest BCUT2D eigenvalue weighted by Gasteiger charge is 2.06. The molecule has 1 heterocycles. The van der Waals surface area contributed by atoms with Gasteiger partial charge in [-0.1, -0.05) is 19.9 Å². The van der Waals surface area contributed by atoms with Crippen LogP contribution in [-0.4, -0.2) is 0 Å². The lowest BCUT2D eigenvalue weighted by molar-refractivity contribution is 0.0588. The number of rotatable bonds is 1. The smallest absolute Gasteiger partial charge is 0.225 e. The molecule has 0 aliphatic carbocycles. The summed E-state index contributed by atoms with van der Waals surface area (Å²) >= 11 is 0. The molecular formula is C9H10O2. The summed E-state index contributed by atoms with van der Waals surface area (Å²) < 4.78 is 9.48. The van der Waals surface area contributed by atoms with Crippen molar-refractivity contribution in [2.45, 2.75) is 19.8 Å². The van der Waals surface area contributed by atoms with Crippen molar-refractivity contribution < 1.29 is 9.15 Å². The average molecular weight is 150 g/mol. The quantitative estimate of drug-likeness (QED) is 0.583. The predicted molar refractivity (Wildman–Crippen MR) is 42.6 cm³/mol. The van der Waals surface area contributed by atoms with Crippen LogP contribution >= 0.6 is 0 Å². The topological polar surface area (TPSA) is 26.3 Å². The van der Waals surface area contributed by atoms with E-state index >= 15 is 0 Å². The first-order valence-electron chi connectivity index (χ1n) is 3.76. The van der Waals surface area contributed by atoms with E-state index in [0.29, 0.717) is 5.92 Å². The van der Waals surface area contributed by atoms with Crippen LogP contribution in [-0.2, 0) is 0 Å². The van der Waals surface area contributed by atoms with Gasteiger partial charge in [0.05, 0.1) is 0 Å². The molecule has 0 N–H and O–H groups in total. The lowest BCUT2D eigenvalue weighted by Crippen LogP contribution is -1.87. The Bertz CT molecular complexity index is 354. The highest BCUT2D eigenvalue weighted by atomic mass is 17.0. The van der Waals surface area contributed by atoms with Crippen molar-refractivity contribution in [2.75, 3.05) is 0 Å². The summed E-state index contributed by atoms with van der Waals surface area (Å²) in [6, 6.07) is 6.02. The van der Waals surface area contributed by atoms with Crippen LogP contribution in [0.4, 0.5) is 0 Å². The fraction of sp³-hybridized carbons (Fsp3) is 0.333. The first-order valence-corrected chi connectivity index (χ1v) is 3.76. The molecule has 2 aromatic rings. The van der Waals surface area contributed by atoms with Gasteiger partial charge in [0.25, 0.3) is 0 Å². The maximum atomic E-state index is 4.77. The zero-order valence-corrected chi connectivity index (χ0v) is 6.63. The maximum absolute atomic E-state index is 4.77. The molecule has 2 nitrogen and oxygen atoms in total. The fourth-order valence-corrected chi connectivity index (χ4v) is 1.07. The second-order valence-corrected chi connectivity index (χ2v) is 3.03. The van der Waals surface area contributed by atoms with E-state index < -0.39 is 0 Å². The average Bonchev–Trinajstić information content (AvgIpc) is 1.91. The second-order valence-electron chi connectivity index (χ2n) is 3.03. The van der Waals surface area contributed by atoms with Crippen LogP contribution < -0.4 is 0 Å². The van der Waals surface area contributed by atoms with E-state index in [1.807, 2.05) is 12.1 Å². The minimum absolute atomic E-state index is 0.546. The second kappa shape index (κ2) is 2.16. The first kappa shape index (κ1) is 6.53. The summed E-state index contributed by atoms with van der Waals surface area (Å²) in [5, 5.41) is 0. The predicted octanol–water partition coefficient (Wildman–Crippen LogP) is 3.15. The molecule has 1 aromatic carbocycles. The van der Waals surface area contributed by atoms with Crippen LogP contribution in [0.15, 0.2) is 27.4 Å². The first-order chi connectivity index (χ1) is 5.27. The molecule has 11 heavy (non-hydrogen) atoms. The number of benzene rings is 1. The molecule has 0 saturated carbocycles. The molecule has 0 aliphatic rings. The van der Waals surface area contributed by atoms with Crippen LogP contribution in [0.25, 0.3) is 11.2 Å². The molecule has 0 unspecified atom stereocenters. The van der Waals surface area contributed by atoms with E-state index in [4.69, 9.17) is 9.15 Å². The highest BCUT2D eigenvalue weighted by molar-refractivity contribution is 5.71. The van der Waals surface area contributed by atoms with E-state index in [0.717, 1.165) is 11.2 Å². The van der Waals surface area contributed by atoms with Crippen LogP contribution in [0.2, 0.25) is 0 Å². The lowest BCUT2D eigenvalue weighted by atomic mass is 10.0. The largest absolute Gasteiger partial charge is 0.286 e. The Balaban J connectivity index is 2.51. The Morgan fingerprint density at radius 1 is 1.09 bits per heavy atom. The van der Waals surface area contributed by atoms with Crippen molar-refractivity contribution in [1.29, 1.82) is 0 Å². The Hall–Kier alpha value is -1.18. The molecule has 2 rings (SSSR count). The van der Waals surface area contributed by atoms with Crippen molar-refractivity contribution in [3.8, 4) is 0 Å². The van der Waals surface area contributed by atoms with Crippen LogP contribution in [0.1, 0.15) is 25.3 Å². The third kappa shape index (κ3) is 0.946. The van der Waals surface area contributed by atoms with Gasteiger partial charge in [0.2, 0.25) is 11.2 Å². The Labute approximate surface area is 64.7 Å². The van der Waals surface area contributed by atoms with E-state index in [2.05, 4.69) is 19.9 Å². The molecule has 0 spiro atoms. The number of fused-ring (bicyclic) bond motifs is 1. The van der Waals surface area contributed by atoms with Crippen LogP contribution in [0, 0.1) is 0 Å². The molecule has 1 aromatic heterocycles. The summed E-state index contributed by atoms with van der Waals surface area (Å²) in [7, 11) is 0. The molecule has 2 heteroatoms. The van der Waals surface area contributed by atoms with E-state index in [9.17, 15) is 0 Å². The highest BCUT2D eigenvalue weighted by Crippen LogP contribution is 2.23. The summed E-state index contributed by atoms with van der Waals surface area (Å²) in [4.78, 5) is 0. The van der Waals surface area contributed by atoms with Gasteiger partial charge in [-0.05, 0) is 23.6 Å².